The van der Waals surface area contributed by atoms with Gasteiger partial charge in [0.15, 0.2) is 0 Å². The van der Waals surface area contributed by atoms with E-state index in [1.165, 1.54) is 25.3 Å². The highest BCUT2D eigenvalue weighted by atomic mass is 19.1. The fourth-order valence-corrected chi connectivity index (χ4v) is 2.85. The molecule has 0 radical (unpaired) electrons. The first-order valence-corrected chi connectivity index (χ1v) is 8.74. The van der Waals surface area contributed by atoms with E-state index in [1.807, 2.05) is 12.1 Å². The number of rotatable bonds is 7. The van der Waals surface area contributed by atoms with E-state index < -0.39 is 5.82 Å². The van der Waals surface area contributed by atoms with Gasteiger partial charge in [0.25, 0.3) is 0 Å². The number of halogens is 1. The van der Waals surface area contributed by atoms with Crippen LogP contribution in [-0.2, 0) is 16.0 Å². The molecular formula is C20H21FN2O4. The second-order valence-corrected chi connectivity index (χ2v) is 6.21. The van der Waals surface area contributed by atoms with Crippen molar-refractivity contribution in [2.75, 3.05) is 24.4 Å². The maximum Gasteiger partial charge on any atom is 0.224 e. The van der Waals surface area contributed by atoms with Crippen LogP contribution in [0.25, 0.3) is 0 Å². The van der Waals surface area contributed by atoms with E-state index >= 15 is 0 Å². The van der Waals surface area contributed by atoms with Crippen molar-refractivity contribution in [2.24, 2.45) is 0 Å². The number of anilines is 2. The Kier molecular flexibility index (Phi) is 5.90. The lowest BCUT2D eigenvalue weighted by Gasteiger charge is -2.17. The molecule has 0 saturated heterocycles. The van der Waals surface area contributed by atoms with E-state index in [0.29, 0.717) is 37.3 Å². The predicted molar refractivity (Wildman–Crippen MR) is 99.7 cm³/mol. The summed E-state index contributed by atoms with van der Waals surface area (Å²) in [6.07, 6.45) is 1.97. The summed E-state index contributed by atoms with van der Waals surface area (Å²) in [4.78, 5) is 23.4. The van der Waals surface area contributed by atoms with Crippen LogP contribution in [0.15, 0.2) is 36.4 Å². The molecule has 7 heteroatoms. The summed E-state index contributed by atoms with van der Waals surface area (Å²) >= 11 is 0. The zero-order chi connectivity index (χ0) is 19.2. The van der Waals surface area contributed by atoms with Crippen LogP contribution in [0.2, 0.25) is 0 Å². The maximum atomic E-state index is 13.2. The van der Waals surface area contributed by atoms with Crippen molar-refractivity contribution in [3.05, 3.63) is 47.8 Å². The quantitative estimate of drug-likeness (QED) is 0.729. The fourth-order valence-electron chi connectivity index (χ4n) is 2.85. The number of nitrogens with one attached hydrogen (secondary N) is 2. The van der Waals surface area contributed by atoms with Crippen LogP contribution in [0, 0.1) is 5.82 Å². The third kappa shape index (κ3) is 4.97. The molecule has 2 aromatic carbocycles. The molecule has 1 aliphatic rings. The van der Waals surface area contributed by atoms with E-state index in [0.717, 1.165) is 11.3 Å². The second kappa shape index (κ2) is 8.53. The average molecular weight is 372 g/mol. The number of fused-ring (bicyclic) bond motifs is 1. The Morgan fingerprint density at radius 2 is 2.07 bits per heavy atom. The lowest BCUT2D eigenvalue weighted by Crippen LogP contribution is -2.18. The summed E-state index contributed by atoms with van der Waals surface area (Å²) in [7, 11) is 1.42. The first-order valence-electron chi connectivity index (χ1n) is 8.74. The normalized spacial score (nSPS) is 12.7. The molecule has 27 heavy (non-hydrogen) atoms. The van der Waals surface area contributed by atoms with Crippen LogP contribution in [0.3, 0.4) is 0 Å². The van der Waals surface area contributed by atoms with Gasteiger partial charge in [-0.15, -0.1) is 0 Å². The fraction of sp³-hybridized carbons (Fsp3) is 0.300. The molecular weight excluding hydrogens is 351 g/mol. The van der Waals surface area contributed by atoms with Gasteiger partial charge >= 0.3 is 0 Å². The molecule has 2 amide bonds. The lowest BCUT2D eigenvalue weighted by atomic mass is 10.0. The number of aryl methyl sites for hydroxylation is 1. The van der Waals surface area contributed by atoms with Gasteiger partial charge < -0.3 is 20.1 Å². The molecule has 1 heterocycles. The van der Waals surface area contributed by atoms with Gasteiger partial charge in [-0.05, 0) is 48.7 Å². The molecule has 2 N–H and O–H groups in total. The summed E-state index contributed by atoms with van der Waals surface area (Å²) < 4.78 is 23.9. The molecule has 2 aromatic rings. The molecule has 0 aliphatic carbocycles. The molecule has 0 aromatic heterocycles. The molecule has 0 fully saturated rings. The molecule has 0 spiro atoms. The van der Waals surface area contributed by atoms with Crippen LogP contribution in [0.4, 0.5) is 15.8 Å². The van der Waals surface area contributed by atoms with Crippen molar-refractivity contribution in [3.8, 4) is 11.5 Å². The molecule has 0 saturated carbocycles. The summed E-state index contributed by atoms with van der Waals surface area (Å²) in [6.45, 7) is 0.388. The van der Waals surface area contributed by atoms with Gasteiger partial charge in [-0.25, -0.2) is 4.39 Å². The minimum atomic E-state index is -0.428. The zero-order valence-corrected chi connectivity index (χ0v) is 15.0. The van der Waals surface area contributed by atoms with Gasteiger partial charge in [0.2, 0.25) is 11.8 Å². The largest absolute Gasteiger partial charge is 0.494 e. The topological polar surface area (TPSA) is 76.7 Å². The number of hydrogen-bond acceptors (Lipinski definition) is 4. The highest BCUT2D eigenvalue weighted by Gasteiger charge is 2.15. The molecule has 1 aliphatic heterocycles. The number of ether oxygens (including phenoxy) is 2. The monoisotopic (exact) mass is 372 g/mol. The number of hydrogen-bond donors (Lipinski definition) is 2. The van der Waals surface area contributed by atoms with E-state index in [-0.39, 0.29) is 24.0 Å². The molecule has 3 rings (SSSR count). The Morgan fingerprint density at radius 3 is 2.89 bits per heavy atom. The van der Waals surface area contributed by atoms with Gasteiger partial charge in [0.05, 0.1) is 19.4 Å². The van der Waals surface area contributed by atoms with Crippen LogP contribution in [0.5, 0.6) is 11.5 Å². The summed E-state index contributed by atoms with van der Waals surface area (Å²) in [5.74, 6) is 0.394. The molecule has 0 unspecified atom stereocenters. The first-order chi connectivity index (χ1) is 13.0. The van der Waals surface area contributed by atoms with E-state index in [4.69, 9.17) is 9.47 Å². The summed E-state index contributed by atoms with van der Waals surface area (Å²) in [6, 6.07) is 9.49. The van der Waals surface area contributed by atoms with Crippen LogP contribution < -0.4 is 20.1 Å². The minimum absolute atomic E-state index is 0.0277. The Bertz CT molecular complexity index is 854. The van der Waals surface area contributed by atoms with Gasteiger partial charge in [-0.2, -0.15) is 0 Å². The maximum absolute atomic E-state index is 13.2. The third-order valence-electron chi connectivity index (χ3n) is 4.23. The summed E-state index contributed by atoms with van der Waals surface area (Å²) in [5, 5.41) is 5.53. The number of methoxy groups -OCH3 is 1. The van der Waals surface area contributed by atoms with Gasteiger partial charge in [0, 0.05) is 24.6 Å². The second-order valence-electron chi connectivity index (χ2n) is 6.21. The number of benzene rings is 2. The average Bonchev–Trinajstić information content (AvgIpc) is 2.66. The number of carbonyl (C=O) groups excluding carboxylic acids is 2. The Morgan fingerprint density at radius 1 is 1.22 bits per heavy atom. The van der Waals surface area contributed by atoms with E-state index in [9.17, 15) is 14.0 Å². The Hall–Kier alpha value is -3.09. The van der Waals surface area contributed by atoms with E-state index in [2.05, 4.69) is 10.6 Å². The van der Waals surface area contributed by atoms with Crippen LogP contribution in [0.1, 0.15) is 24.8 Å². The minimum Gasteiger partial charge on any atom is -0.494 e. The van der Waals surface area contributed by atoms with Crippen molar-refractivity contribution in [1.82, 2.24) is 0 Å². The Balaban J connectivity index is 1.45. The molecule has 6 nitrogen and oxygen atoms in total. The highest BCUT2D eigenvalue weighted by Crippen LogP contribution is 2.27. The van der Waals surface area contributed by atoms with Gasteiger partial charge in [-0.3, -0.25) is 9.59 Å². The number of carbonyl (C=O) groups is 2. The third-order valence-corrected chi connectivity index (χ3v) is 4.23. The molecule has 0 bridgehead atoms. The summed E-state index contributed by atoms with van der Waals surface area (Å²) in [5.41, 5.74) is 2.31. The Labute approximate surface area is 156 Å². The van der Waals surface area contributed by atoms with Crippen molar-refractivity contribution < 1.29 is 23.5 Å². The van der Waals surface area contributed by atoms with Crippen molar-refractivity contribution >= 4 is 23.2 Å². The van der Waals surface area contributed by atoms with E-state index in [1.54, 1.807) is 6.07 Å². The SMILES string of the molecule is COc1cc(F)ccc1NC(=O)CCCOc1ccc2c(c1)CCC(=O)N2. The smallest absolute Gasteiger partial charge is 0.224 e. The van der Waals surface area contributed by atoms with Gasteiger partial charge in [0.1, 0.15) is 17.3 Å². The standard InChI is InChI=1S/C20H21FN2O4/c1-26-18-12-14(21)5-7-17(18)23-19(24)3-2-10-27-15-6-8-16-13(11-15)4-9-20(25)22-16/h5-8,11-12H,2-4,9-10H2,1H3,(H,22,25)(H,23,24). The van der Waals surface area contributed by atoms with Crippen molar-refractivity contribution in [2.45, 2.75) is 25.7 Å². The predicted octanol–water partition coefficient (Wildman–Crippen LogP) is 3.52. The molecule has 0 atom stereocenters. The van der Waals surface area contributed by atoms with Crippen molar-refractivity contribution in [1.29, 1.82) is 0 Å². The first kappa shape index (κ1) is 18.7. The lowest BCUT2D eigenvalue weighted by molar-refractivity contribution is -0.117. The van der Waals surface area contributed by atoms with Gasteiger partial charge in [-0.1, -0.05) is 0 Å². The number of amides is 2. The molecule has 142 valence electrons. The van der Waals surface area contributed by atoms with Crippen molar-refractivity contribution in [3.63, 3.8) is 0 Å². The van der Waals surface area contributed by atoms with Crippen LogP contribution >= 0.6 is 0 Å². The van der Waals surface area contributed by atoms with Crippen LogP contribution in [-0.4, -0.2) is 25.5 Å². The zero-order valence-electron chi connectivity index (χ0n) is 15.0. The highest BCUT2D eigenvalue weighted by molar-refractivity contribution is 5.94.